The Hall–Kier alpha value is -1.68. The number of aryl methyl sites for hydroxylation is 1. The minimum atomic E-state index is -0.168. The summed E-state index contributed by atoms with van der Waals surface area (Å²) in [5.41, 5.74) is 2.44. The predicted octanol–water partition coefficient (Wildman–Crippen LogP) is 2.84. The van der Waals surface area contributed by atoms with E-state index >= 15 is 0 Å². The Bertz CT molecular complexity index is 557. The van der Waals surface area contributed by atoms with Crippen molar-refractivity contribution < 1.29 is 4.39 Å². The summed E-state index contributed by atoms with van der Waals surface area (Å²) in [5.74, 6) is 0.535. The van der Waals surface area contributed by atoms with E-state index in [0.717, 1.165) is 13.0 Å². The molecule has 0 amide bonds. The summed E-state index contributed by atoms with van der Waals surface area (Å²) >= 11 is 0. The number of benzene rings is 1. The van der Waals surface area contributed by atoms with E-state index in [1.54, 1.807) is 12.1 Å². The molecule has 106 valence electrons. The van der Waals surface area contributed by atoms with Gasteiger partial charge in [0, 0.05) is 19.3 Å². The Morgan fingerprint density at radius 1 is 1.35 bits per heavy atom. The number of aromatic nitrogens is 2. The van der Waals surface area contributed by atoms with Crippen molar-refractivity contribution in [1.82, 2.24) is 15.1 Å². The molecule has 1 fully saturated rings. The average Bonchev–Trinajstić information content (AvgIpc) is 3.19. The molecule has 2 aromatic rings. The fraction of sp³-hybridized carbons (Fsp3) is 0.438. The van der Waals surface area contributed by atoms with Crippen molar-refractivity contribution in [2.24, 2.45) is 13.0 Å². The maximum Gasteiger partial charge on any atom is 0.123 e. The van der Waals surface area contributed by atoms with Crippen molar-refractivity contribution in [2.75, 3.05) is 6.54 Å². The van der Waals surface area contributed by atoms with Gasteiger partial charge in [0.25, 0.3) is 0 Å². The van der Waals surface area contributed by atoms with E-state index in [4.69, 9.17) is 0 Å². The minimum absolute atomic E-state index is 0.168. The van der Waals surface area contributed by atoms with E-state index in [0.29, 0.717) is 12.0 Å². The molecule has 1 atom stereocenters. The van der Waals surface area contributed by atoms with Crippen LogP contribution in [0.2, 0.25) is 0 Å². The van der Waals surface area contributed by atoms with E-state index in [-0.39, 0.29) is 5.82 Å². The standard InChI is InChI=1S/C16H20FN3/c1-20-11-12(10-19-20)8-9-18-16(13-2-3-13)14-4-6-15(17)7-5-14/h4-7,10-11,13,16,18H,2-3,8-9H2,1H3. The van der Waals surface area contributed by atoms with Gasteiger partial charge in [-0.15, -0.1) is 0 Å². The molecule has 1 heterocycles. The minimum Gasteiger partial charge on any atom is -0.309 e. The maximum absolute atomic E-state index is 13.0. The normalized spacial score (nSPS) is 16.3. The molecule has 1 aromatic heterocycles. The van der Waals surface area contributed by atoms with E-state index in [9.17, 15) is 4.39 Å². The summed E-state index contributed by atoms with van der Waals surface area (Å²) in [5, 5.41) is 7.79. The quantitative estimate of drug-likeness (QED) is 0.877. The van der Waals surface area contributed by atoms with Crippen molar-refractivity contribution >= 4 is 0 Å². The molecular formula is C16H20FN3. The molecule has 0 bridgehead atoms. The summed E-state index contributed by atoms with van der Waals surface area (Å²) in [6.45, 7) is 0.921. The molecule has 20 heavy (non-hydrogen) atoms. The van der Waals surface area contributed by atoms with Gasteiger partial charge in [0.1, 0.15) is 5.82 Å². The molecule has 1 N–H and O–H groups in total. The summed E-state index contributed by atoms with van der Waals surface area (Å²) in [6, 6.07) is 7.25. The van der Waals surface area contributed by atoms with Crippen molar-refractivity contribution in [3.05, 3.63) is 53.6 Å². The lowest BCUT2D eigenvalue weighted by Gasteiger charge is -2.18. The van der Waals surface area contributed by atoms with Crippen LogP contribution in [0.15, 0.2) is 36.7 Å². The van der Waals surface area contributed by atoms with E-state index < -0.39 is 0 Å². The van der Waals surface area contributed by atoms with Crippen LogP contribution in [0.4, 0.5) is 4.39 Å². The number of rotatable bonds is 6. The number of halogens is 1. The highest BCUT2D eigenvalue weighted by molar-refractivity contribution is 5.22. The first-order chi connectivity index (χ1) is 9.72. The molecule has 4 heteroatoms. The molecule has 0 saturated heterocycles. The second-order valence-corrected chi connectivity index (χ2v) is 5.59. The van der Waals surface area contributed by atoms with Crippen LogP contribution in [-0.2, 0) is 13.5 Å². The van der Waals surface area contributed by atoms with Gasteiger partial charge < -0.3 is 5.32 Å². The van der Waals surface area contributed by atoms with Gasteiger partial charge in [0.2, 0.25) is 0 Å². The Balaban J connectivity index is 1.59. The summed E-state index contributed by atoms with van der Waals surface area (Å²) in [6.07, 6.45) is 7.46. The van der Waals surface area contributed by atoms with Gasteiger partial charge in [-0.1, -0.05) is 12.1 Å². The van der Waals surface area contributed by atoms with Gasteiger partial charge in [-0.2, -0.15) is 5.10 Å². The molecule has 3 rings (SSSR count). The van der Waals surface area contributed by atoms with Crippen LogP contribution in [0, 0.1) is 11.7 Å². The molecule has 0 spiro atoms. The fourth-order valence-electron chi connectivity index (χ4n) is 2.63. The molecule has 1 unspecified atom stereocenters. The molecule has 1 aliphatic rings. The first kappa shape index (κ1) is 13.3. The smallest absolute Gasteiger partial charge is 0.123 e. The Kier molecular flexibility index (Phi) is 3.83. The largest absolute Gasteiger partial charge is 0.309 e. The Morgan fingerprint density at radius 3 is 2.70 bits per heavy atom. The zero-order valence-corrected chi connectivity index (χ0v) is 11.7. The summed E-state index contributed by atoms with van der Waals surface area (Å²) in [4.78, 5) is 0. The molecule has 1 aromatic carbocycles. The second kappa shape index (κ2) is 5.75. The number of nitrogens with zero attached hydrogens (tertiary/aromatic N) is 2. The highest BCUT2D eigenvalue weighted by Gasteiger charge is 2.31. The Morgan fingerprint density at radius 2 is 2.10 bits per heavy atom. The van der Waals surface area contributed by atoms with Crippen molar-refractivity contribution in [1.29, 1.82) is 0 Å². The van der Waals surface area contributed by atoms with Gasteiger partial charge in [-0.25, -0.2) is 4.39 Å². The fourth-order valence-corrected chi connectivity index (χ4v) is 2.63. The highest BCUT2D eigenvalue weighted by Crippen LogP contribution is 2.40. The second-order valence-electron chi connectivity index (χ2n) is 5.59. The van der Waals surface area contributed by atoms with Gasteiger partial charge in [0.15, 0.2) is 0 Å². The van der Waals surface area contributed by atoms with Gasteiger partial charge in [0.05, 0.1) is 6.20 Å². The zero-order valence-electron chi connectivity index (χ0n) is 11.7. The third-order valence-electron chi connectivity index (χ3n) is 3.86. The lowest BCUT2D eigenvalue weighted by Crippen LogP contribution is -2.25. The molecule has 1 aliphatic carbocycles. The molecule has 3 nitrogen and oxygen atoms in total. The van der Waals surface area contributed by atoms with Crippen LogP contribution >= 0.6 is 0 Å². The molecule has 0 radical (unpaired) electrons. The van der Waals surface area contributed by atoms with Crippen LogP contribution in [0.5, 0.6) is 0 Å². The van der Waals surface area contributed by atoms with Crippen LogP contribution in [0.1, 0.15) is 30.0 Å². The molecule has 1 saturated carbocycles. The highest BCUT2D eigenvalue weighted by atomic mass is 19.1. The molecular weight excluding hydrogens is 253 g/mol. The van der Waals surface area contributed by atoms with Crippen LogP contribution in [-0.4, -0.2) is 16.3 Å². The van der Waals surface area contributed by atoms with Gasteiger partial charge in [-0.3, -0.25) is 4.68 Å². The monoisotopic (exact) mass is 273 g/mol. The predicted molar refractivity (Wildman–Crippen MR) is 76.8 cm³/mol. The third kappa shape index (κ3) is 3.25. The van der Waals surface area contributed by atoms with E-state index in [1.807, 2.05) is 36.3 Å². The van der Waals surface area contributed by atoms with E-state index in [2.05, 4.69) is 10.4 Å². The van der Waals surface area contributed by atoms with Gasteiger partial charge in [-0.05, 0) is 55.0 Å². The third-order valence-corrected chi connectivity index (χ3v) is 3.86. The molecule has 0 aliphatic heterocycles. The summed E-state index contributed by atoms with van der Waals surface area (Å²) < 4.78 is 14.8. The zero-order chi connectivity index (χ0) is 13.9. The van der Waals surface area contributed by atoms with Crippen molar-refractivity contribution in [3.8, 4) is 0 Å². The van der Waals surface area contributed by atoms with Crippen molar-refractivity contribution in [3.63, 3.8) is 0 Å². The van der Waals surface area contributed by atoms with Crippen LogP contribution in [0.3, 0.4) is 0 Å². The van der Waals surface area contributed by atoms with Gasteiger partial charge >= 0.3 is 0 Å². The Labute approximate surface area is 118 Å². The topological polar surface area (TPSA) is 29.9 Å². The van der Waals surface area contributed by atoms with Crippen LogP contribution < -0.4 is 5.32 Å². The van der Waals surface area contributed by atoms with E-state index in [1.165, 1.54) is 24.0 Å². The number of nitrogens with one attached hydrogen (secondary N) is 1. The number of hydrogen-bond donors (Lipinski definition) is 1. The van der Waals surface area contributed by atoms with Crippen LogP contribution in [0.25, 0.3) is 0 Å². The first-order valence-electron chi connectivity index (χ1n) is 7.19. The lowest BCUT2D eigenvalue weighted by atomic mass is 10.0. The lowest BCUT2D eigenvalue weighted by molar-refractivity contribution is 0.483. The number of hydrogen-bond acceptors (Lipinski definition) is 2. The SMILES string of the molecule is Cn1cc(CCNC(c2ccc(F)cc2)C2CC2)cn1. The van der Waals surface area contributed by atoms with Crippen molar-refractivity contribution in [2.45, 2.75) is 25.3 Å². The maximum atomic E-state index is 13.0. The first-order valence-corrected chi connectivity index (χ1v) is 7.19. The summed E-state index contributed by atoms with van der Waals surface area (Å²) in [7, 11) is 1.93. The average molecular weight is 273 g/mol.